The molecule has 0 unspecified atom stereocenters. The highest BCUT2D eigenvalue weighted by molar-refractivity contribution is 5.92. The lowest BCUT2D eigenvalue weighted by molar-refractivity contribution is 0.0697. The second kappa shape index (κ2) is 4.53. The first-order valence-corrected chi connectivity index (χ1v) is 4.83. The summed E-state index contributed by atoms with van der Waals surface area (Å²) in [7, 11) is 0. The van der Waals surface area contributed by atoms with E-state index in [2.05, 4.69) is 9.55 Å². The van der Waals surface area contributed by atoms with E-state index in [0.717, 1.165) is 23.4 Å². The average Bonchev–Trinajstić information content (AvgIpc) is 2.51. The van der Waals surface area contributed by atoms with Crippen LogP contribution in [0.25, 0.3) is 11.0 Å². The topological polar surface area (TPSA) is 55.1 Å². The van der Waals surface area contributed by atoms with Crippen molar-refractivity contribution in [2.45, 2.75) is 20.4 Å². The van der Waals surface area contributed by atoms with Crippen LogP contribution in [0.5, 0.6) is 0 Å². The molecule has 4 nitrogen and oxygen atoms in total. The van der Waals surface area contributed by atoms with Crippen LogP contribution in [-0.2, 0) is 6.54 Å². The van der Waals surface area contributed by atoms with E-state index in [9.17, 15) is 4.79 Å². The van der Waals surface area contributed by atoms with Crippen LogP contribution in [0, 0.1) is 6.92 Å². The molecule has 0 saturated carbocycles. The smallest absolute Gasteiger partial charge is 0.335 e. The van der Waals surface area contributed by atoms with Gasteiger partial charge in [-0.25, -0.2) is 9.78 Å². The second-order valence-electron chi connectivity index (χ2n) is 3.41. The van der Waals surface area contributed by atoms with Gasteiger partial charge in [0.15, 0.2) is 0 Å². The normalized spacial score (nSPS) is 10.1. The molecule has 0 atom stereocenters. The molecule has 16 heavy (non-hydrogen) atoms. The van der Waals surface area contributed by atoms with E-state index in [0.29, 0.717) is 0 Å². The summed E-state index contributed by atoms with van der Waals surface area (Å²) in [5, 5.41) is 8.84. The summed E-state index contributed by atoms with van der Waals surface area (Å²) in [6, 6.07) is 5.02. The summed E-state index contributed by atoms with van der Waals surface area (Å²) < 4.78 is 2.06. The van der Waals surface area contributed by atoms with Gasteiger partial charge in [-0.2, -0.15) is 0 Å². The SMILES string of the molecule is CCn1c(C)nc2cc(C(=O)O)ccc21.Cl. The van der Waals surface area contributed by atoms with E-state index in [4.69, 9.17) is 5.11 Å². The number of carboxylic acid groups (broad SMARTS) is 1. The molecular weight excluding hydrogens is 228 g/mol. The van der Waals surface area contributed by atoms with Crippen molar-refractivity contribution in [1.82, 2.24) is 9.55 Å². The maximum atomic E-state index is 10.8. The van der Waals surface area contributed by atoms with Crippen LogP contribution in [0.2, 0.25) is 0 Å². The predicted molar refractivity (Wildman–Crippen MR) is 64.4 cm³/mol. The van der Waals surface area contributed by atoms with Gasteiger partial charge in [0.1, 0.15) is 5.82 Å². The van der Waals surface area contributed by atoms with Crippen molar-refractivity contribution in [3.63, 3.8) is 0 Å². The summed E-state index contributed by atoms with van der Waals surface area (Å²) in [6.45, 7) is 4.80. The number of hydrogen-bond donors (Lipinski definition) is 1. The maximum absolute atomic E-state index is 10.8. The monoisotopic (exact) mass is 240 g/mol. The molecule has 0 aliphatic rings. The molecule has 0 aliphatic heterocycles. The summed E-state index contributed by atoms with van der Waals surface area (Å²) in [4.78, 5) is 15.1. The van der Waals surface area contributed by atoms with Gasteiger partial charge in [0.2, 0.25) is 0 Å². The maximum Gasteiger partial charge on any atom is 0.335 e. The minimum atomic E-state index is -0.916. The molecule has 2 aromatic rings. The molecule has 1 N–H and O–H groups in total. The second-order valence-corrected chi connectivity index (χ2v) is 3.41. The lowest BCUT2D eigenvalue weighted by Crippen LogP contribution is -1.97. The Balaban J connectivity index is 0.00000128. The van der Waals surface area contributed by atoms with E-state index in [1.165, 1.54) is 0 Å². The number of rotatable bonds is 2. The Labute approximate surface area is 99.3 Å². The van der Waals surface area contributed by atoms with Crippen LogP contribution in [0.15, 0.2) is 18.2 Å². The average molecular weight is 241 g/mol. The van der Waals surface area contributed by atoms with Crippen molar-refractivity contribution in [3.8, 4) is 0 Å². The molecule has 1 aromatic carbocycles. The Hall–Kier alpha value is -1.55. The first kappa shape index (κ1) is 12.5. The molecule has 0 spiro atoms. The van der Waals surface area contributed by atoms with Gasteiger partial charge in [0.25, 0.3) is 0 Å². The van der Waals surface area contributed by atoms with Crippen LogP contribution in [-0.4, -0.2) is 20.6 Å². The zero-order chi connectivity index (χ0) is 11.0. The van der Waals surface area contributed by atoms with Gasteiger partial charge in [0, 0.05) is 6.54 Å². The lowest BCUT2D eigenvalue weighted by Gasteiger charge is -2.01. The largest absolute Gasteiger partial charge is 0.478 e. The standard InChI is InChI=1S/C11H12N2O2.ClH/c1-3-13-7(2)12-9-6-8(11(14)15)4-5-10(9)13;/h4-6H,3H2,1-2H3,(H,14,15);1H. The molecule has 0 saturated heterocycles. The number of carbonyl (C=O) groups is 1. The Morgan fingerprint density at radius 1 is 1.50 bits per heavy atom. The van der Waals surface area contributed by atoms with Gasteiger partial charge in [-0.1, -0.05) is 0 Å². The fourth-order valence-corrected chi connectivity index (χ4v) is 1.78. The van der Waals surface area contributed by atoms with Gasteiger partial charge in [-0.05, 0) is 32.0 Å². The van der Waals surface area contributed by atoms with Crippen LogP contribution in [0.4, 0.5) is 0 Å². The zero-order valence-corrected chi connectivity index (χ0v) is 9.91. The number of hydrogen-bond acceptors (Lipinski definition) is 2. The molecule has 86 valence electrons. The zero-order valence-electron chi connectivity index (χ0n) is 9.10. The molecule has 0 fully saturated rings. The number of imidazole rings is 1. The van der Waals surface area contributed by atoms with Crippen LogP contribution in [0.3, 0.4) is 0 Å². The lowest BCUT2D eigenvalue weighted by atomic mass is 10.2. The number of benzene rings is 1. The highest BCUT2D eigenvalue weighted by Crippen LogP contribution is 2.17. The van der Waals surface area contributed by atoms with Gasteiger partial charge in [-0.3, -0.25) is 0 Å². The highest BCUT2D eigenvalue weighted by atomic mass is 35.5. The highest BCUT2D eigenvalue weighted by Gasteiger charge is 2.09. The third-order valence-electron chi connectivity index (χ3n) is 2.50. The van der Waals surface area contributed by atoms with Crippen LogP contribution >= 0.6 is 12.4 Å². The molecule has 0 bridgehead atoms. The summed E-state index contributed by atoms with van der Waals surface area (Å²) in [5.74, 6) is -0.00404. The number of nitrogens with zero attached hydrogens (tertiary/aromatic N) is 2. The van der Waals surface area contributed by atoms with Crippen LogP contribution < -0.4 is 0 Å². The Morgan fingerprint density at radius 2 is 2.19 bits per heavy atom. The molecular formula is C11H13ClN2O2. The van der Waals surface area contributed by atoms with Crippen molar-refractivity contribution in [1.29, 1.82) is 0 Å². The third kappa shape index (κ3) is 1.88. The van der Waals surface area contributed by atoms with E-state index in [1.807, 2.05) is 19.9 Å². The minimum absolute atomic E-state index is 0. The Bertz CT molecular complexity index is 534. The van der Waals surface area contributed by atoms with Crippen molar-refractivity contribution < 1.29 is 9.90 Å². The molecule has 0 radical (unpaired) electrons. The summed E-state index contributed by atoms with van der Waals surface area (Å²) >= 11 is 0. The van der Waals surface area contributed by atoms with Gasteiger partial charge >= 0.3 is 5.97 Å². The summed E-state index contributed by atoms with van der Waals surface area (Å²) in [5.41, 5.74) is 2.01. The number of aromatic nitrogens is 2. The Kier molecular flexibility index (Phi) is 3.55. The molecule has 5 heteroatoms. The number of fused-ring (bicyclic) bond motifs is 1. The van der Waals surface area contributed by atoms with Gasteiger partial charge < -0.3 is 9.67 Å². The van der Waals surface area contributed by atoms with E-state index >= 15 is 0 Å². The fourth-order valence-electron chi connectivity index (χ4n) is 1.78. The Morgan fingerprint density at radius 3 is 2.75 bits per heavy atom. The number of halogens is 1. The molecule has 1 heterocycles. The quantitative estimate of drug-likeness (QED) is 0.878. The van der Waals surface area contributed by atoms with Crippen molar-refractivity contribution in [2.24, 2.45) is 0 Å². The van der Waals surface area contributed by atoms with Crippen molar-refractivity contribution >= 4 is 29.4 Å². The minimum Gasteiger partial charge on any atom is -0.478 e. The predicted octanol–water partition coefficient (Wildman–Crippen LogP) is 2.48. The van der Waals surface area contributed by atoms with Crippen molar-refractivity contribution in [2.75, 3.05) is 0 Å². The first-order chi connectivity index (χ1) is 7.13. The number of carboxylic acids is 1. The number of aromatic carboxylic acids is 1. The van der Waals surface area contributed by atoms with Crippen LogP contribution in [0.1, 0.15) is 23.1 Å². The molecule has 0 aliphatic carbocycles. The van der Waals surface area contributed by atoms with Crippen molar-refractivity contribution in [3.05, 3.63) is 29.6 Å². The third-order valence-corrected chi connectivity index (χ3v) is 2.50. The van der Waals surface area contributed by atoms with E-state index in [-0.39, 0.29) is 18.0 Å². The number of aryl methyl sites for hydroxylation is 2. The van der Waals surface area contributed by atoms with E-state index in [1.54, 1.807) is 12.1 Å². The van der Waals surface area contributed by atoms with Gasteiger partial charge in [0.05, 0.1) is 16.6 Å². The molecule has 1 aromatic heterocycles. The molecule has 0 amide bonds. The summed E-state index contributed by atoms with van der Waals surface area (Å²) in [6.07, 6.45) is 0. The van der Waals surface area contributed by atoms with E-state index < -0.39 is 5.97 Å². The fraction of sp³-hybridized carbons (Fsp3) is 0.273. The van der Waals surface area contributed by atoms with Gasteiger partial charge in [-0.15, -0.1) is 12.4 Å². The first-order valence-electron chi connectivity index (χ1n) is 4.83. The molecule has 2 rings (SSSR count).